The lowest BCUT2D eigenvalue weighted by Crippen LogP contribution is -2.19. The lowest BCUT2D eigenvalue weighted by atomic mass is 9.95. The Morgan fingerprint density at radius 3 is 2.30 bits per heavy atom. The zero-order valence-electron chi connectivity index (χ0n) is 14.7. The molecule has 0 saturated heterocycles. The molecule has 23 heavy (non-hydrogen) atoms. The molecular weight excluding hydrogens is 278 g/mol. The second-order valence-electron chi connectivity index (χ2n) is 6.26. The van der Waals surface area contributed by atoms with Gasteiger partial charge in [0.05, 0.1) is 6.04 Å². The average Bonchev–Trinajstić information content (AvgIpc) is 2.52. The molecule has 0 radical (unpaired) electrons. The Bertz CT molecular complexity index is 725. The van der Waals surface area contributed by atoms with Crippen molar-refractivity contribution in [3.05, 3.63) is 83.4 Å². The van der Waals surface area contributed by atoms with Gasteiger partial charge >= 0.3 is 0 Å². The fourth-order valence-corrected chi connectivity index (χ4v) is 3.02. The quantitative estimate of drug-likeness (QED) is 0.685. The molecule has 0 aromatic heterocycles. The van der Waals surface area contributed by atoms with Gasteiger partial charge < -0.3 is 5.32 Å². The van der Waals surface area contributed by atoms with Crippen molar-refractivity contribution in [3.63, 3.8) is 0 Å². The molecule has 1 N–H and O–H groups in total. The van der Waals surface area contributed by atoms with Crippen LogP contribution in [0.15, 0.2) is 55.6 Å². The molecule has 0 fully saturated rings. The van der Waals surface area contributed by atoms with E-state index in [9.17, 15) is 0 Å². The molecule has 0 heterocycles. The van der Waals surface area contributed by atoms with Crippen LogP contribution in [0.1, 0.15) is 54.1 Å². The first-order chi connectivity index (χ1) is 10.9. The van der Waals surface area contributed by atoms with Crippen LogP contribution in [0.2, 0.25) is 0 Å². The largest absolute Gasteiger partial charge is 0.378 e. The highest BCUT2D eigenvalue weighted by Crippen LogP contribution is 2.26. The molecule has 0 aliphatic heterocycles. The molecule has 1 unspecified atom stereocenters. The van der Waals surface area contributed by atoms with Gasteiger partial charge in [-0.05, 0) is 43.9 Å². The lowest BCUT2D eigenvalue weighted by Gasteiger charge is -2.22. The summed E-state index contributed by atoms with van der Waals surface area (Å²) in [6, 6.07) is 15.3. The van der Waals surface area contributed by atoms with Crippen molar-refractivity contribution in [2.24, 2.45) is 0 Å². The van der Waals surface area contributed by atoms with Gasteiger partial charge in [0.15, 0.2) is 0 Å². The summed E-state index contributed by atoms with van der Waals surface area (Å²) >= 11 is 0. The van der Waals surface area contributed by atoms with Crippen LogP contribution < -0.4 is 5.32 Å². The van der Waals surface area contributed by atoms with Crippen LogP contribution in [0.5, 0.6) is 0 Å². The third kappa shape index (κ3) is 3.92. The van der Waals surface area contributed by atoms with E-state index in [0.29, 0.717) is 0 Å². The van der Waals surface area contributed by atoms with E-state index in [-0.39, 0.29) is 6.04 Å². The van der Waals surface area contributed by atoms with Crippen molar-refractivity contribution < 1.29 is 0 Å². The molecule has 0 amide bonds. The topological polar surface area (TPSA) is 12.0 Å². The van der Waals surface area contributed by atoms with Gasteiger partial charge in [-0.25, -0.2) is 0 Å². The maximum Gasteiger partial charge on any atom is 0.0511 e. The smallest absolute Gasteiger partial charge is 0.0511 e. The van der Waals surface area contributed by atoms with E-state index >= 15 is 0 Å². The molecule has 0 saturated carbocycles. The summed E-state index contributed by atoms with van der Waals surface area (Å²) in [5, 5.41) is 3.61. The number of hydrogen-bond acceptors (Lipinski definition) is 1. The maximum absolute atomic E-state index is 4.28. The number of nitrogens with one attached hydrogen (secondary N) is 1. The molecule has 2 aromatic carbocycles. The van der Waals surface area contributed by atoms with E-state index in [4.69, 9.17) is 0 Å². The van der Waals surface area contributed by atoms with Crippen molar-refractivity contribution in [2.45, 2.75) is 40.2 Å². The van der Waals surface area contributed by atoms with Crippen LogP contribution >= 0.6 is 0 Å². The minimum absolute atomic E-state index is 0.273. The predicted molar refractivity (Wildman–Crippen MR) is 102 cm³/mol. The Morgan fingerprint density at radius 1 is 1.04 bits per heavy atom. The predicted octanol–water partition coefficient (Wildman–Crippen LogP) is 6.05. The van der Waals surface area contributed by atoms with E-state index in [2.05, 4.69) is 81.7 Å². The Kier molecular flexibility index (Phi) is 5.44. The van der Waals surface area contributed by atoms with Crippen molar-refractivity contribution in [1.29, 1.82) is 0 Å². The zero-order valence-corrected chi connectivity index (χ0v) is 14.7. The third-order valence-electron chi connectivity index (χ3n) is 4.32. The first-order valence-electron chi connectivity index (χ1n) is 8.22. The third-order valence-corrected chi connectivity index (χ3v) is 4.32. The molecule has 1 atom stereocenters. The minimum atomic E-state index is 0.273. The van der Waals surface area contributed by atoms with Crippen molar-refractivity contribution in [2.75, 3.05) is 0 Å². The van der Waals surface area contributed by atoms with E-state index in [1.54, 1.807) is 0 Å². The fourth-order valence-electron chi connectivity index (χ4n) is 3.02. The summed E-state index contributed by atoms with van der Waals surface area (Å²) < 4.78 is 0. The highest BCUT2D eigenvalue weighted by Gasteiger charge is 2.13. The van der Waals surface area contributed by atoms with Gasteiger partial charge in [-0.1, -0.05) is 73.7 Å². The monoisotopic (exact) mass is 305 g/mol. The number of aryl methyl sites for hydroxylation is 1. The van der Waals surface area contributed by atoms with Crippen LogP contribution in [0.3, 0.4) is 0 Å². The SMILES string of the molecule is C=C(C)c1cccc(C(=C)NC(CC)c2cccc(C)c2)c1C. The number of benzene rings is 2. The normalized spacial score (nSPS) is 11.8. The van der Waals surface area contributed by atoms with E-state index in [0.717, 1.165) is 23.3 Å². The summed E-state index contributed by atoms with van der Waals surface area (Å²) in [4.78, 5) is 0. The second-order valence-corrected chi connectivity index (χ2v) is 6.26. The molecule has 0 bridgehead atoms. The first-order valence-corrected chi connectivity index (χ1v) is 8.22. The van der Waals surface area contributed by atoms with Gasteiger partial charge in [0.2, 0.25) is 0 Å². The number of rotatable bonds is 6. The van der Waals surface area contributed by atoms with Gasteiger partial charge in [-0.3, -0.25) is 0 Å². The molecule has 1 heteroatoms. The molecule has 2 rings (SSSR count). The molecule has 2 aromatic rings. The summed E-state index contributed by atoms with van der Waals surface area (Å²) in [7, 11) is 0. The molecular formula is C22H27N. The standard InChI is InChI=1S/C22H27N/c1-7-22(19-11-8-10-16(4)14-19)23-18(6)21-13-9-12-20(15(2)3)17(21)5/h8-14,22-23H,2,6-7H2,1,3-5H3. The molecule has 0 aliphatic rings. The van der Waals surface area contributed by atoms with Crippen molar-refractivity contribution in [3.8, 4) is 0 Å². The highest BCUT2D eigenvalue weighted by molar-refractivity contribution is 5.73. The van der Waals surface area contributed by atoms with Crippen LogP contribution in [0.25, 0.3) is 11.3 Å². The van der Waals surface area contributed by atoms with Crippen LogP contribution in [-0.2, 0) is 0 Å². The molecule has 1 nitrogen and oxygen atoms in total. The summed E-state index contributed by atoms with van der Waals surface area (Å²) in [6.07, 6.45) is 1.02. The second kappa shape index (κ2) is 7.32. The Hall–Kier alpha value is -2.28. The number of hydrogen-bond donors (Lipinski definition) is 1. The molecule has 0 spiro atoms. The Labute approximate surface area is 140 Å². The van der Waals surface area contributed by atoms with Gasteiger partial charge in [0, 0.05) is 11.3 Å². The van der Waals surface area contributed by atoms with Gasteiger partial charge in [-0.15, -0.1) is 0 Å². The van der Waals surface area contributed by atoms with E-state index < -0.39 is 0 Å². The minimum Gasteiger partial charge on any atom is -0.378 e. The molecule has 0 aliphatic carbocycles. The fraction of sp³-hybridized carbons (Fsp3) is 0.273. The zero-order chi connectivity index (χ0) is 17.0. The van der Waals surface area contributed by atoms with E-state index in [1.807, 2.05) is 6.92 Å². The van der Waals surface area contributed by atoms with E-state index in [1.165, 1.54) is 22.3 Å². The van der Waals surface area contributed by atoms with Gasteiger partial charge in [0.1, 0.15) is 0 Å². The summed E-state index contributed by atoms with van der Waals surface area (Å²) in [6.45, 7) is 16.9. The highest BCUT2D eigenvalue weighted by atomic mass is 14.9. The Balaban J connectivity index is 2.27. The number of allylic oxidation sites excluding steroid dienone is 1. The van der Waals surface area contributed by atoms with Crippen LogP contribution in [-0.4, -0.2) is 0 Å². The maximum atomic E-state index is 4.28. The van der Waals surface area contributed by atoms with Gasteiger partial charge in [-0.2, -0.15) is 0 Å². The van der Waals surface area contributed by atoms with Crippen molar-refractivity contribution in [1.82, 2.24) is 5.32 Å². The summed E-state index contributed by atoms with van der Waals surface area (Å²) in [5.41, 5.74) is 8.25. The van der Waals surface area contributed by atoms with Crippen molar-refractivity contribution >= 4 is 11.3 Å². The first kappa shape index (κ1) is 17.1. The van der Waals surface area contributed by atoms with Crippen LogP contribution in [0.4, 0.5) is 0 Å². The lowest BCUT2D eigenvalue weighted by molar-refractivity contribution is 0.613. The summed E-state index contributed by atoms with van der Waals surface area (Å²) in [5.74, 6) is 0. The van der Waals surface area contributed by atoms with Gasteiger partial charge in [0.25, 0.3) is 0 Å². The molecule has 120 valence electrons. The Morgan fingerprint density at radius 2 is 1.70 bits per heavy atom. The average molecular weight is 305 g/mol. The van der Waals surface area contributed by atoms with Crippen LogP contribution in [0, 0.1) is 13.8 Å².